The van der Waals surface area contributed by atoms with Crippen LogP contribution in [0.25, 0.3) is 0 Å². The Morgan fingerprint density at radius 1 is 1.29 bits per heavy atom. The van der Waals surface area contributed by atoms with Gasteiger partial charge in [-0.15, -0.1) is 11.3 Å². The molecule has 0 unspecified atom stereocenters. The molecule has 0 bridgehead atoms. The van der Waals surface area contributed by atoms with Crippen LogP contribution in [0.4, 0.5) is 5.13 Å². The standard InChI is InChI=1S/C21H24N4O2S.CH2O2/c1-14(2)17-12-16(24-27-17)19(26)25-10-8-21(9-11-25,15-6-4-3-5-7-15)18-13-28-20(22)23-18;2-1-3/h3-7,12-14H,8-11H2,1-2H3,(H2,22,23);1H,(H,2,3). The topological polar surface area (TPSA) is 123 Å². The van der Waals surface area contributed by atoms with E-state index < -0.39 is 0 Å². The van der Waals surface area contributed by atoms with E-state index in [9.17, 15) is 4.79 Å². The minimum absolute atomic E-state index is 0.0740. The van der Waals surface area contributed by atoms with E-state index in [1.165, 1.54) is 16.9 Å². The predicted octanol–water partition coefficient (Wildman–Crippen LogP) is 3.76. The van der Waals surface area contributed by atoms with Crippen LogP contribution in [0.1, 0.15) is 60.1 Å². The highest BCUT2D eigenvalue weighted by atomic mass is 32.1. The van der Waals surface area contributed by atoms with Crippen molar-refractivity contribution in [2.75, 3.05) is 18.8 Å². The highest BCUT2D eigenvalue weighted by Gasteiger charge is 2.41. The van der Waals surface area contributed by atoms with Gasteiger partial charge in [-0.2, -0.15) is 0 Å². The number of nitrogens with two attached hydrogens (primary N) is 1. The van der Waals surface area contributed by atoms with Crippen LogP contribution in [0.15, 0.2) is 46.3 Å². The first-order valence-electron chi connectivity index (χ1n) is 10.0. The van der Waals surface area contributed by atoms with Crippen molar-refractivity contribution in [2.45, 2.75) is 38.0 Å². The van der Waals surface area contributed by atoms with Crippen molar-refractivity contribution in [2.24, 2.45) is 0 Å². The first-order valence-corrected chi connectivity index (χ1v) is 10.9. The summed E-state index contributed by atoms with van der Waals surface area (Å²) in [4.78, 5) is 27.7. The first-order chi connectivity index (χ1) is 14.9. The third-order valence-electron chi connectivity index (χ3n) is 5.56. The molecule has 3 heterocycles. The number of aromatic nitrogens is 2. The lowest BCUT2D eigenvalue weighted by Gasteiger charge is -2.41. The van der Waals surface area contributed by atoms with Crippen LogP contribution in [0, 0.1) is 0 Å². The monoisotopic (exact) mass is 442 g/mol. The smallest absolute Gasteiger partial charge is 0.290 e. The van der Waals surface area contributed by atoms with Crippen molar-refractivity contribution in [3.8, 4) is 0 Å². The molecule has 1 aliphatic rings. The third kappa shape index (κ3) is 4.77. The average Bonchev–Trinajstić information content (AvgIpc) is 3.44. The van der Waals surface area contributed by atoms with E-state index in [1.807, 2.05) is 42.3 Å². The zero-order valence-corrected chi connectivity index (χ0v) is 18.3. The number of hydrogen-bond donors (Lipinski definition) is 2. The number of anilines is 1. The van der Waals surface area contributed by atoms with Crippen molar-refractivity contribution in [3.05, 3.63) is 64.5 Å². The predicted molar refractivity (Wildman–Crippen MR) is 118 cm³/mol. The van der Waals surface area contributed by atoms with Gasteiger partial charge in [0.15, 0.2) is 10.8 Å². The number of carbonyl (C=O) groups is 2. The second-order valence-corrected chi connectivity index (χ2v) is 8.58. The third-order valence-corrected chi connectivity index (χ3v) is 6.23. The van der Waals surface area contributed by atoms with E-state index in [4.69, 9.17) is 20.2 Å². The number of amides is 1. The van der Waals surface area contributed by atoms with E-state index >= 15 is 0 Å². The fourth-order valence-electron chi connectivity index (χ4n) is 3.87. The van der Waals surface area contributed by atoms with Gasteiger partial charge in [-0.25, -0.2) is 4.98 Å². The van der Waals surface area contributed by atoms with Crippen LogP contribution in [-0.4, -0.2) is 45.6 Å². The minimum Gasteiger partial charge on any atom is -0.483 e. The fourth-order valence-corrected chi connectivity index (χ4v) is 4.53. The number of thiazole rings is 1. The quantitative estimate of drug-likeness (QED) is 0.590. The van der Waals surface area contributed by atoms with E-state index in [1.54, 1.807) is 6.07 Å². The number of hydrogen-bond acceptors (Lipinski definition) is 7. The Labute approximate surface area is 184 Å². The minimum atomic E-state index is -0.250. The molecule has 1 aromatic carbocycles. The summed E-state index contributed by atoms with van der Waals surface area (Å²) in [7, 11) is 0. The molecular weight excluding hydrogens is 416 g/mol. The Kier molecular flexibility index (Phi) is 7.06. The van der Waals surface area contributed by atoms with E-state index in [-0.39, 0.29) is 23.7 Å². The maximum absolute atomic E-state index is 12.9. The van der Waals surface area contributed by atoms with Gasteiger partial charge in [0.05, 0.1) is 5.69 Å². The summed E-state index contributed by atoms with van der Waals surface area (Å²) in [5, 5.41) is 13.5. The Morgan fingerprint density at radius 2 is 1.94 bits per heavy atom. The van der Waals surface area contributed by atoms with Gasteiger partial charge >= 0.3 is 0 Å². The molecule has 31 heavy (non-hydrogen) atoms. The molecule has 0 atom stereocenters. The summed E-state index contributed by atoms with van der Waals surface area (Å²) in [6, 6.07) is 12.1. The van der Waals surface area contributed by atoms with Gasteiger partial charge in [-0.05, 0) is 18.4 Å². The van der Waals surface area contributed by atoms with Crippen molar-refractivity contribution in [1.29, 1.82) is 0 Å². The lowest BCUT2D eigenvalue weighted by atomic mass is 9.70. The van der Waals surface area contributed by atoms with Crippen molar-refractivity contribution >= 4 is 28.8 Å². The summed E-state index contributed by atoms with van der Waals surface area (Å²) in [5.74, 6) is 0.864. The maximum atomic E-state index is 12.9. The van der Waals surface area contributed by atoms with Gasteiger partial charge in [0, 0.05) is 35.9 Å². The number of benzene rings is 1. The van der Waals surface area contributed by atoms with Crippen molar-refractivity contribution < 1.29 is 19.2 Å². The molecule has 3 N–H and O–H groups in total. The number of likely N-dealkylation sites (tertiary alicyclic amines) is 1. The zero-order chi connectivity index (χ0) is 22.4. The molecule has 3 aromatic rings. The Hall–Kier alpha value is -3.20. The number of carboxylic acid groups (broad SMARTS) is 1. The average molecular weight is 443 g/mol. The highest BCUT2D eigenvalue weighted by Crippen LogP contribution is 2.42. The molecule has 1 aliphatic heterocycles. The molecule has 0 radical (unpaired) electrons. The molecule has 9 heteroatoms. The normalized spacial score (nSPS) is 15.3. The first kappa shape index (κ1) is 22.5. The number of nitrogens with zero attached hydrogens (tertiary/aromatic N) is 3. The summed E-state index contributed by atoms with van der Waals surface area (Å²) in [6.45, 7) is 5.05. The van der Waals surface area contributed by atoms with E-state index in [2.05, 4.69) is 22.3 Å². The van der Waals surface area contributed by atoms with E-state index in [0.717, 1.165) is 24.3 Å². The molecule has 0 saturated carbocycles. The molecule has 1 fully saturated rings. The van der Waals surface area contributed by atoms with E-state index in [0.29, 0.717) is 23.9 Å². The molecule has 4 rings (SSSR count). The van der Waals surface area contributed by atoms with Crippen LogP contribution >= 0.6 is 11.3 Å². The van der Waals surface area contributed by atoms with Crippen molar-refractivity contribution in [3.63, 3.8) is 0 Å². The van der Waals surface area contributed by atoms with Crippen LogP contribution in [0.5, 0.6) is 0 Å². The van der Waals surface area contributed by atoms with Crippen molar-refractivity contribution in [1.82, 2.24) is 15.0 Å². The maximum Gasteiger partial charge on any atom is 0.290 e. The van der Waals surface area contributed by atoms with Gasteiger partial charge in [0.25, 0.3) is 12.4 Å². The zero-order valence-electron chi connectivity index (χ0n) is 17.5. The SMILES string of the molecule is CC(C)c1cc(C(=O)N2CCC(c3ccccc3)(c3csc(N)n3)CC2)no1.O=CO. The Morgan fingerprint density at radius 3 is 2.45 bits per heavy atom. The molecule has 8 nitrogen and oxygen atoms in total. The number of nitrogen functional groups attached to an aromatic ring is 1. The van der Waals surface area contributed by atoms with Gasteiger partial charge in [0.1, 0.15) is 5.76 Å². The number of carbonyl (C=O) groups excluding carboxylic acids is 1. The van der Waals surface area contributed by atoms with Gasteiger partial charge in [-0.3, -0.25) is 9.59 Å². The lowest BCUT2D eigenvalue weighted by molar-refractivity contribution is -0.122. The lowest BCUT2D eigenvalue weighted by Crippen LogP contribution is -2.46. The summed E-state index contributed by atoms with van der Waals surface area (Å²) in [6.07, 6.45) is 1.58. The van der Waals surface area contributed by atoms with Gasteiger partial charge in [0.2, 0.25) is 0 Å². The second kappa shape index (κ2) is 9.74. The molecule has 164 valence electrons. The Balaban J connectivity index is 0.000000858. The van der Waals surface area contributed by atoms with Crippen LogP contribution in [0.2, 0.25) is 0 Å². The second-order valence-electron chi connectivity index (χ2n) is 7.69. The fraction of sp³-hybridized carbons (Fsp3) is 0.364. The highest BCUT2D eigenvalue weighted by molar-refractivity contribution is 7.13. The van der Waals surface area contributed by atoms with Crippen LogP contribution in [-0.2, 0) is 10.2 Å². The molecule has 0 aliphatic carbocycles. The number of rotatable bonds is 4. The molecular formula is C22H26N4O4S. The van der Waals surface area contributed by atoms with Crippen LogP contribution in [0.3, 0.4) is 0 Å². The molecule has 1 saturated heterocycles. The summed E-state index contributed by atoms with van der Waals surface area (Å²) < 4.78 is 5.30. The number of piperidine rings is 1. The summed E-state index contributed by atoms with van der Waals surface area (Å²) in [5.41, 5.74) is 8.30. The molecule has 1 amide bonds. The van der Waals surface area contributed by atoms with Gasteiger partial charge in [-0.1, -0.05) is 49.3 Å². The van der Waals surface area contributed by atoms with Gasteiger partial charge < -0.3 is 20.3 Å². The Bertz CT molecular complexity index is 1010. The summed E-state index contributed by atoms with van der Waals surface area (Å²) >= 11 is 1.46. The largest absolute Gasteiger partial charge is 0.483 e. The molecule has 0 spiro atoms. The molecule has 2 aromatic heterocycles. The van der Waals surface area contributed by atoms with Crippen LogP contribution < -0.4 is 5.73 Å².